The summed E-state index contributed by atoms with van der Waals surface area (Å²) in [7, 11) is 0. The van der Waals surface area contributed by atoms with Crippen molar-refractivity contribution in [3.05, 3.63) is 23.3 Å². The Balaban J connectivity index is 2.27. The first-order valence-electron chi connectivity index (χ1n) is 5.50. The normalized spacial score (nSPS) is 25.5. The Hall–Kier alpha value is -1.25. The molecule has 1 aliphatic rings. The summed E-state index contributed by atoms with van der Waals surface area (Å²) in [5, 5.41) is 0. The number of nitrogens with zero attached hydrogens (tertiary/aromatic N) is 2. The van der Waals surface area contributed by atoms with Crippen LogP contribution in [-0.2, 0) is 0 Å². The Morgan fingerprint density at radius 3 is 2.80 bits per heavy atom. The summed E-state index contributed by atoms with van der Waals surface area (Å²) >= 11 is 0. The molecule has 3 nitrogen and oxygen atoms in total. The van der Waals surface area contributed by atoms with Crippen LogP contribution in [0.1, 0.15) is 54.1 Å². The molecule has 1 aliphatic carbocycles. The topological polar surface area (TPSA) is 42.9 Å². The lowest BCUT2D eigenvalue weighted by Crippen LogP contribution is -2.05. The van der Waals surface area contributed by atoms with Gasteiger partial charge in [-0.2, -0.15) is 0 Å². The van der Waals surface area contributed by atoms with E-state index in [1.54, 1.807) is 6.07 Å². The number of aromatic nitrogens is 2. The highest BCUT2D eigenvalue weighted by Crippen LogP contribution is 2.36. The fourth-order valence-corrected chi connectivity index (χ4v) is 2.30. The van der Waals surface area contributed by atoms with Crippen LogP contribution in [0.5, 0.6) is 0 Å². The third kappa shape index (κ3) is 2.22. The van der Waals surface area contributed by atoms with Gasteiger partial charge in [0.1, 0.15) is 11.5 Å². The standard InChI is InChI=1S/C12H16N2O/c1-8-3-4-10(5-8)12-13-9(2)6-11(7-15)14-12/h6-8,10H,3-5H2,1-2H3. The van der Waals surface area contributed by atoms with Crippen LogP contribution in [0, 0.1) is 12.8 Å². The largest absolute Gasteiger partial charge is 0.296 e. The zero-order chi connectivity index (χ0) is 10.8. The average molecular weight is 204 g/mol. The van der Waals surface area contributed by atoms with E-state index in [9.17, 15) is 4.79 Å². The van der Waals surface area contributed by atoms with E-state index in [1.165, 1.54) is 6.42 Å². The highest BCUT2D eigenvalue weighted by Gasteiger charge is 2.25. The molecule has 1 aromatic rings. The third-order valence-electron chi connectivity index (χ3n) is 3.07. The summed E-state index contributed by atoms with van der Waals surface area (Å²) in [6.45, 7) is 4.17. The van der Waals surface area contributed by atoms with Crippen molar-refractivity contribution in [2.24, 2.45) is 5.92 Å². The minimum Gasteiger partial charge on any atom is -0.296 e. The maximum absolute atomic E-state index is 10.7. The van der Waals surface area contributed by atoms with Crippen LogP contribution in [0.15, 0.2) is 6.07 Å². The van der Waals surface area contributed by atoms with Crippen molar-refractivity contribution in [3.8, 4) is 0 Å². The van der Waals surface area contributed by atoms with Crippen LogP contribution in [-0.4, -0.2) is 16.3 Å². The molecular weight excluding hydrogens is 188 g/mol. The highest BCUT2D eigenvalue weighted by molar-refractivity contribution is 5.71. The van der Waals surface area contributed by atoms with Crippen molar-refractivity contribution >= 4 is 6.29 Å². The summed E-state index contributed by atoms with van der Waals surface area (Å²) in [5.74, 6) is 2.08. The molecule has 0 aromatic carbocycles. The number of carbonyl (C=O) groups is 1. The molecule has 0 aliphatic heterocycles. The van der Waals surface area contributed by atoms with E-state index in [-0.39, 0.29) is 0 Å². The van der Waals surface area contributed by atoms with Crippen molar-refractivity contribution < 1.29 is 4.79 Å². The van der Waals surface area contributed by atoms with Crippen LogP contribution >= 0.6 is 0 Å². The number of aldehydes is 1. The first kappa shape index (κ1) is 10.3. The molecule has 80 valence electrons. The smallest absolute Gasteiger partial charge is 0.168 e. The Bertz CT molecular complexity index is 376. The molecule has 0 radical (unpaired) electrons. The molecule has 0 spiro atoms. The SMILES string of the molecule is Cc1cc(C=O)nc(C2CCC(C)C2)n1. The van der Waals surface area contributed by atoms with Crippen LogP contribution < -0.4 is 0 Å². The number of hydrogen-bond donors (Lipinski definition) is 0. The van der Waals surface area contributed by atoms with Gasteiger partial charge in [0.15, 0.2) is 6.29 Å². The Labute approximate surface area is 89.9 Å². The first-order chi connectivity index (χ1) is 7.19. The van der Waals surface area contributed by atoms with Crippen molar-refractivity contribution in [2.75, 3.05) is 0 Å². The number of carbonyl (C=O) groups excluding carboxylic acids is 1. The minimum absolute atomic E-state index is 0.457. The van der Waals surface area contributed by atoms with Gasteiger partial charge in [-0.25, -0.2) is 9.97 Å². The van der Waals surface area contributed by atoms with Crippen LogP contribution in [0.25, 0.3) is 0 Å². The quantitative estimate of drug-likeness (QED) is 0.695. The van der Waals surface area contributed by atoms with E-state index < -0.39 is 0 Å². The van der Waals surface area contributed by atoms with Gasteiger partial charge in [0.05, 0.1) is 0 Å². The molecule has 3 heteroatoms. The molecule has 2 rings (SSSR count). The zero-order valence-electron chi connectivity index (χ0n) is 9.23. The van der Waals surface area contributed by atoms with E-state index in [1.807, 2.05) is 6.92 Å². The second-order valence-electron chi connectivity index (χ2n) is 4.53. The Kier molecular flexibility index (Phi) is 2.80. The summed E-state index contributed by atoms with van der Waals surface area (Å²) < 4.78 is 0. The summed E-state index contributed by atoms with van der Waals surface area (Å²) in [6.07, 6.45) is 4.36. The minimum atomic E-state index is 0.457. The maximum atomic E-state index is 10.7. The van der Waals surface area contributed by atoms with Crippen molar-refractivity contribution in [1.29, 1.82) is 0 Å². The van der Waals surface area contributed by atoms with E-state index in [2.05, 4.69) is 16.9 Å². The molecular formula is C12H16N2O. The molecule has 15 heavy (non-hydrogen) atoms. The van der Waals surface area contributed by atoms with Gasteiger partial charge in [-0.1, -0.05) is 6.92 Å². The van der Waals surface area contributed by atoms with Crippen molar-refractivity contribution in [2.45, 2.75) is 39.0 Å². The highest BCUT2D eigenvalue weighted by atomic mass is 16.1. The monoisotopic (exact) mass is 204 g/mol. The predicted molar refractivity (Wildman–Crippen MR) is 57.9 cm³/mol. The van der Waals surface area contributed by atoms with E-state index >= 15 is 0 Å². The van der Waals surface area contributed by atoms with Crippen molar-refractivity contribution in [1.82, 2.24) is 9.97 Å². The van der Waals surface area contributed by atoms with Gasteiger partial charge in [0.2, 0.25) is 0 Å². The average Bonchev–Trinajstić information content (AvgIpc) is 2.64. The molecule has 1 fully saturated rings. The summed E-state index contributed by atoms with van der Waals surface area (Å²) in [6, 6.07) is 1.73. The number of hydrogen-bond acceptors (Lipinski definition) is 3. The lowest BCUT2D eigenvalue weighted by Gasteiger charge is -2.09. The lowest BCUT2D eigenvalue weighted by molar-refractivity contribution is 0.111. The molecule has 1 aromatic heterocycles. The first-order valence-corrected chi connectivity index (χ1v) is 5.50. The van der Waals surface area contributed by atoms with Gasteiger partial charge in [-0.05, 0) is 38.2 Å². The summed E-state index contributed by atoms with van der Waals surface area (Å²) in [5.41, 5.74) is 1.40. The van der Waals surface area contributed by atoms with Crippen LogP contribution in [0.3, 0.4) is 0 Å². The van der Waals surface area contributed by atoms with Crippen molar-refractivity contribution in [3.63, 3.8) is 0 Å². The fraction of sp³-hybridized carbons (Fsp3) is 0.583. The van der Waals surface area contributed by atoms with Gasteiger partial charge in [-0.3, -0.25) is 4.79 Å². The van der Waals surface area contributed by atoms with Crippen LogP contribution in [0.2, 0.25) is 0 Å². The van der Waals surface area contributed by atoms with E-state index in [0.29, 0.717) is 11.6 Å². The predicted octanol–water partition coefficient (Wildman–Crippen LogP) is 2.50. The van der Waals surface area contributed by atoms with E-state index in [0.717, 1.165) is 36.6 Å². The molecule has 1 heterocycles. The van der Waals surface area contributed by atoms with E-state index in [4.69, 9.17) is 0 Å². The Morgan fingerprint density at radius 1 is 1.40 bits per heavy atom. The number of aryl methyl sites for hydroxylation is 1. The fourth-order valence-electron chi connectivity index (χ4n) is 2.30. The molecule has 2 unspecified atom stereocenters. The molecule has 1 saturated carbocycles. The molecule has 0 N–H and O–H groups in total. The molecule has 0 bridgehead atoms. The van der Waals surface area contributed by atoms with Gasteiger partial charge in [0.25, 0.3) is 0 Å². The van der Waals surface area contributed by atoms with Gasteiger partial charge in [0, 0.05) is 11.6 Å². The second-order valence-corrected chi connectivity index (χ2v) is 4.53. The molecule has 0 amide bonds. The third-order valence-corrected chi connectivity index (χ3v) is 3.07. The maximum Gasteiger partial charge on any atom is 0.168 e. The van der Waals surface area contributed by atoms with Gasteiger partial charge in [-0.15, -0.1) is 0 Å². The van der Waals surface area contributed by atoms with Crippen LogP contribution in [0.4, 0.5) is 0 Å². The summed E-state index contributed by atoms with van der Waals surface area (Å²) in [4.78, 5) is 19.4. The van der Waals surface area contributed by atoms with Gasteiger partial charge >= 0.3 is 0 Å². The number of rotatable bonds is 2. The molecule has 2 atom stereocenters. The molecule has 0 saturated heterocycles. The Morgan fingerprint density at radius 2 is 2.20 bits per heavy atom. The second kappa shape index (κ2) is 4.09. The van der Waals surface area contributed by atoms with Gasteiger partial charge < -0.3 is 0 Å². The lowest BCUT2D eigenvalue weighted by atomic mass is 10.1. The zero-order valence-corrected chi connectivity index (χ0v) is 9.23.